The van der Waals surface area contributed by atoms with Gasteiger partial charge in [-0.3, -0.25) is 9.69 Å². The number of piperidine rings is 1. The molecule has 1 heterocycles. The number of hydrogen-bond acceptors (Lipinski definition) is 3. The van der Waals surface area contributed by atoms with Gasteiger partial charge in [0.05, 0.1) is 6.54 Å². The monoisotopic (exact) mass is 247 g/mol. The summed E-state index contributed by atoms with van der Waals surface area (Å²) in [5.74, 6) is -0.148. The standard InChI is InChI=1S/C14H21N3O/c15-10-14(18)16-13-6-4-5-12(9-13)11-17-7-2-1-3-8-17/h4-6,9H,1-3,7-8,10-11,15H2,(H,16,18). The van der Waals surface area contributed by atoms with Gasteiger partial charge in [-0.2, -0.15) is 0 Å². The van der Waals surface area contributed by atoms with Crippen molar-refractivity contribution in [3.05, 3.63) is 29.8 Å². The van der Waals surface area contributed by atoms with E-state index in [4.69, 9.17) is 5.73 Å². The van der Waals surface area contributed by atoms with E-state index in [-0.39, 0.29) is 12.5 Å². The molecule has 0 bridgehead atoms. The molecule has 2 rings (SSSR count). The number of benzene rings is 1. The van der Waals surface area contributed by atoms with Crippen molar-refractivity contribution in [2.45, 2.75) is 25.8 Å². The Morgan fingerprint density at radius 1 is 1.28 bits per heavy atom. The second kappa shape index (κ2) is 6.52. The van der Waals surface area contributed by atoms with E-state index in [1.807, 2.05) is 18.2 Å². The summed E-state index contributed by atoms with van der Waals surface area (Å²) >= 11 is 0. The van der Waals surface area contributed by atoms with Gasteiger partial charge < -0.3 is 11.1 Å². The van der Waals surface area contributed by atoms with Crippen LogP contribution >= 0.6 is 0 Å². The first-order chi connectivity index (χ1) is 8.78. The third-order valence-electron chi connectivity index (χ3n) is 3.25. The highest BCUT2D eigenvalue weighted by Gasteiger charge is 2.10. The van der Waals surface area contributed by atoms with Crippen LogP contribution in [0.25, 0.3) is 0 Å². The average Bonchev–Trinajstić information content (AvgIpc) is 2.40. The Balaban J connectivity index is 1.95. The quantitative estimate of drug-likeness (QED) is 0.849. The minimum atomic E-state index is -0.148. The van der Waals surface area contributed by atoms with Crippen molar-refractivity contribution in [3.63, 3.8) is 0 Å². The summed E-state index contributed by atoms with van der Waals surface area (Å²) in [5.41, 5.74) is 7.36. The Hall–Kier alpha value is -1.39. The van der Waals surface area contributed by atoms with Crippen molar-refractivity contribution >= 4 is 11.6 Å². The lowest BCUT2D eigenvalue weighted by atomic mass is 10.1. The van der Waals surface area contributed by atoms with Crippen molar-refractivity contribution in [1.29, 1.82) is 0 Å². The molecular formula is C14H21N3O. The summed E-state index contributed by atoms with van der Waals surface area (Å²) in [5, 5.41) is 2.79. The molecule has 0 saturated carbocycles. The molecule has 3 N–H and O–H groups in total. The molecule has 0 unspecified atom stereocenters. The van der Waals surface area contributed by atoms with Crippen molar-refractivity contribution in [3.8, 4) is 0 Å². The average molecular weight is 247 g/mol. The maximum atomic E-state index is 11.2. The van der Waals surface area contributed by atoms with Crippen molar-refractivity contribution < 1.29 is 4.79 Å². The maximum absolute atomic E-state index is 11.2. The van der Waals surface area contributed by atoms with Crippen LogP contribution in [0.15, 0.2) is 24.3 Å². The number of nitrogens with zero attached hydrogens (tertiary/aromatic N) is 1. The van der Waals surface area contributed by atoms with Gasteiger partial charge in [0.2, 0.25) is 5.91 Å². The molecule has 1 saturated heterocycles. The molecule has 0 radical (unpaired) electrons. The van der Waals surface area contributed by atoms with Gasteiger partial charge in [0.1, 0.15) is 0 Å². The summed E-state index contributed by atoms with van der Waals surface area (Å²) in [7, 11) is 0. The summed E-state index contributed by atoms with van der Waals surface area (Å²) < 4.78 is 0. The van der Waals surface area contributed by atoms with Gasteiger partial charge in [-0.15, -0.1) is 0 Å². The summed E-state index contributed by atoms with van der Waals surface area (Å²) in [6.45, 7) is 3.35. The zero-order valence-electron chi connectivity index (χ0n) is 10.7. The van der Waals surface area contributed by atoms with Crippen LogP contribution < -0.4 is 11.1 Å². The van der Waals surface area contributed by atoms with Crippen molar-refractivity contribution in [1.82, 2.24) is 4.90 Å². The fourth-order valence-corrected chi connectivity index (χ4v) is 2.34. The molecule has 0 aliphatic carbocycles. The first-order valence-electron chi connectivity index (χ1n) is 6.59. The molecule has 1 aliphatic heterocycles. The molecule has 1 aromatic rings. The Morgan fingerprint density at radius 3 is 2.78 bits per heavy atom. The van der Waals surface area contributed by atoms with Crippen LogP contribution in [0.1, 0.15) is 24.8 Å². The van der Waals surface area contributed by atoms with Crippen molar-refractivity contribution in [2.24, 2.45) is 5.73 Å². The van der Waals surface area contributed by atoms with Crippen LogP contribution in [0.2, 0.25) is 0 Å². The minimum Gasteiger partial charge on any atom is -0.325 e. The molecular weight excluding hydrogens is 226 g/mol. The maximum Gasteiger partial charge on any atom is 0.238 e. The van der Waals surface area contributed by atoms with E-state index in [2.05, 4.69) is 16.3 Å². The Morgan fingerprint density at radius 2 is 2.06 bits per heavy atom. The number of anilines is 1. The highest BCUT2D eigenvalue weighted by Crippen LogP contribution is 2.16. The molecule has 1 aliphatic rings. The predicted molar refractivity (Wildman–Crippen MR) is 73.3 cm³/mol. The zero-order chi connectivity index (χ0) is 12.8. The van der Waals surface area contributed by atoms with Crippen LogP contribution in [-0.4, -0.2) is 30.4 Å². The second-order valence-electron chi connectivity index (χ2n) is 4.79. The van der Waals surface area contributed by atoms with E-state index in [1.165, 1.54) is 37.9 Å². The highest BCUT2D eigenvalue weighted by atomic mass is 16.1. The number of likely N-dealkylation sites (tertiary alicyclic amines) is 1. The lowest BCUT2D eigenvalue weighted by Gasteiger charge is -2.26. The molecule has 0 spiro atoms. The van der Waals surface area contributed by atoms with Gasteiger partial charge >= 0.3 is 0 Å². The van der Waals surface area contributed by atoms with Crippen LogP contribution in [0.5, 0.6) is 0 Å². The van der Waals surface area contributed by atoms with Gasteiger partial charge in [-0.25, -0.2) is 0 Å². The molecule has 1 fully saturated rings. The summed E-state index contributed by atoms with van der Waals surface area (Å²) in [6.07, 6.45) is 3.94. The molecule has 18 heavy (non-hydrogen) atoms. The molecule has 1 amide bonds. The van der Waals surface area contributed by atoms with Crippen LogP contribution in [0.3, 0.4) is 0 Å². The Labute approximate surface area is 108 Å². The van der Waals surface area contributed by atoms with E-state index in [1.54, 1.807) is 0 Å². The normalized spacial score (nSPS) is 16.5. The van der Waals surface area contributed by atoms with E-state index in [0.29, 0.717) is 0 Å². The van der Waals surface area contributed by atoms with Gasteiger partial charge in [-0.1, -0.05) is 18.6 Å². The number of carbonyl (C=O) groups is 1. The number of hydrogen-bond donors (Lipinski definition) is 2. The molecule has 98 valence electrons. The van der Waals surface area contributed by atoms with Crippen LogP contribution in [0.4, 0.5) is 5.69 Å². The van der Waals surface area contributed by atoms with E-state index < -0.39 is 0 Å². The Kier molecular flexibility index (Phi) is 4.73. The summed E-state index contributed by atoms with van der Waals surface area (Å²) in [6, 6.07) is 8.01. The third kappa shape index (κ3) is 3.82. The molecule has 4 heteroatoms. The first kappa shape index (κ1) is 13.1. The molecule has 0 atom stereocenters. The first-order valence-corrected chi connectivity index (χ1v) is 6.59. The fraction of sp³-hybridized carbons (Fsp3) is 0.500. The number of carbonyl (C=O) groups excluding carboxylic acids is 1. The predicted octanol–water partition coefficient (Wildman–Crippen LogP) is 1.57. The fourth-order valence-electron chi connectivity index (χ4n) is 2.34. The number of nitrogens with two attached hydrogens (primary N) is 1. The Bertz CT molecular complexity index is 400. The lowest BCUT2D eigenvalue weighted by molar-refractivity contribution is -0.114. The summed E-state index contributed by atoms with van der Waals surface area (Å²) in [4.78, 5) is 13.7. The van der Waals surface area contributed by atoms with Gasteiger partial charge in [0.15, 0.2) is 0 Å². The SMILES string of the molecule is NCC(=O)Nc1cccc(CN2CCCCC2)c1. The molecule has 1 aromatic carbocycles. The number of rotatable bonds is 4. The van der Waals surface area contributed by atoms with Gasteiger partial charge in [0.25, 0.3) is 0 Å². The topological polar surface area (TPSA) is 58.4 Å². The third-order valence-corrected chi connectivity index (χ3v) is 3.25. The van der Waals surface area contributed by atoms with Gasteiger partial charge in [0, 0.05) is 12.2 Å². The van der Waals surface area contributed by atoms with Crippen molar-refractivity contribution in [2.75, 3.05) is 25.0 Å². The highest BCUT2D eigenvalue weighted by molar-refractivity contribution is 5.92. The second-order valence-corrected chi connectivity index (χ2v) is 4.79. The number of amides is 1. The largest absolute Gasteiger partial charge is 0.325 e. The lowest BCUT2D eigenvalue weighted by Crippen LogP contribution is -2.29. The van der Waals surface area contributed by atoms with E-state index in [9.17, 15) is 4.79 Å². The van der Waals surface area contributed by atoms with Crippen LogP contribution in [0, 0.1) is 0 Å². The molecule has 0 aromatic heterocycles. The molecule has 4 nitrogen and oxygen atoms in total. The van der Waals surface area contributed by atoms with E-state index in [0.717, 1.165) is 12.2 Å². The zero-order valence-corrected chi connectivity index (χ0v) is 10.7. The minimum absolute atomic E-state index is 0.0242. The van der Waals surface area contributed by atoms with Crippen LogP contribution in [-0.2, 0) is 11.3 Å². The van der Waals surface area contributed by atoms with E-state index >= 15 is 0 Å². The number of nitrogens with one attached hydrogen (secondary N) is 1. The smallest absolute Gasteiger partial charge is 0.238 e. The van der Waals surface area contributed by atoms with Gasteiger partial charge in [-0.05, 0) is 43.6 Å².